The van der Waals surface area contributed by atoms with Crippen molar-refractivity contribution in [2.24, 2.45) is 5.73 Å². The minimum Gasteiger partial charge on any atom is -0.452 e. The quantitative estimate of drug-likeness (QED) is 0.820. The molecule has 0 fully saturated rings. The van der Waals surface area contributed by atoms with Gasteiger partial charge in [0.2, 0.25) is 0 Å². The number of aryl methyl sites for hydroxylation is 2. The molecule has 1 aromatic heterocycles. The topological polar surface area (TPSA) is 98.5 Å². The number of nitrogens with one attached hydrogen (secondary N) is 1. The van der Waals surface area contributed by atoms with E-state index in [0.29, 0.717) is 10.6 Å². The van der Waals surface area contributed by atoms with Crippen molar-refractivity contribution in [2.45, 2.75) is 13.8 Å². The summed E-state index contributed by atoms with van der Waals surface area (Å²) in [6.07, 6.45) is 0. The number of carbonyl (C=O) groups is 3. The van der Waals surface area contributed by atoms with Gasteiger partial charge < -0.3 is 15.8 Å². The minimum absolute atomic E-state index is 0.226. The van der Waals surface area contributed by atoms with Gasteiger partial charge in [-0.3, -0.25) is 9.59 Å². The Morgan fingerprint density at radius 1 is 1.17 bits per heavy atom. The van der Waals surface area contributed by atoms with E-state index >= 15 is 0 Å². The summed E-state index contributed by atoms with van der Waals surface area (Å²) in [6.45, 7) is 3.30. The molecule has 3 N–H and O–H groups in total. The van der Waals surface area contributed by atoms with Crippen LogP contribution in [-0.2, 0) is 9.53 Å². The Hall–Kier alpha value is -2.67. The summed E-state index contributed by atoms with van der Waals surface area (Å²) >= 11 is 1.17. The number of hydrogen-bond acceptors (Lipinski definition) is 5. The van der Waals surface area contributed by atoms with E-state index in [0.717, 1.165) is 11.1 Å². The van der Waals surface area contributed by atoms with E-state index in [2.05, 4.69) is 5.32 Å². The second-order valence-corrected chi connectivity index (χ2v) is 5.94. The maximum atomic E-state index is 12.0. The molecule has 0 saturated carbocycles. The molecule has 0 aliphatic heterocycles. The number of ether oxygens (including phenoxy) is 1. The van der Waals surface area contributed by atoms with Gasteiger partial charge >= 0.3 is 5.97 Å². The zero-order valence-corrected chi connectivity index (χ0v) is 13.5. The lowest BCUT2D eigenvalue weighted by Crippen LogP contribution is -2.22. The number of benzene rings is 1. The van der Waals surface area contributed by atoms with E-state index in [1.807, 2.05) is 19.9 Å². The van der Waals surface area contributed by atoms with E-state index < -0.39 is 24.4 Å². The molecule has 0 saturated heterocycles. The molecule has 6 nitrogen and oxygen atoms in total. The van der Waals surface area contributed by atoms with E-state index in [4.69, 9.17) is 10.5 Å². The lowest BCUT2D eigenvalue weighted by atomic mass is 10.1. The fourth-order valence-corrected chi connectivity index (χ4v) is 2.88. The summed E-state index contributed by atoms with van der Waals surface area (Å²) in [4.78, 5) is 35.0. The molecule has 1 heterocycles. The Balaban J connectivity index is 1.95. The maximum absolute atomic E-state index is 12.0. The predicted molar refractivity (Wildman–Crippen MR) is 87.7 cm³/mol. The third-order valence-corrected chi connectivity index (χ3v) is 3.81. The van der Waals surface area contributed by atoms with Crippen LogP contribution in [0.4, 0.5) is 5.00 Å². The van der Waals surface area contributed by atoms with Crippen LogP contribution in [0.5, 0.6) is 0 Å². The van der Waals surface area contributed by atoms with Gasteiger partial charge in [0.15, 0.2) is 6.61 Å². The van der Waals surface area contributed by atoms with E-state index in [1.54, 1.807) is 17.5 Å². The zero-order chi connectivity index (χ0) is 17.0. The number of nitrogens with two attached hydrogens (primary N) is 1. The first kappa shape index (κ1) is 16.7. The second-order valence-electron chi connectivity index (χ2n) is 5.03. The number of anilines is 1. The summed E-state index contributed by atoms with van der Waals surface area (Å²) in [7, 11) is 0. The summed E-state index contributed by atoms with van der Waals surface area (Å²) < 4.78 is 4.99. The Morgan fingerprint density at radius 2 is 1.83 bits per heavy atom. The van der Waals surface area contributed by atoms with Crippen LogP contribution in [0, 0.1) is 13.8 Å². The van der Waals surface area contributed by atoms with Crippen LogP contribution < -0.4 is 11.1 Å². The summed E-state index contributed by atoms with van der Waals surface area (Å²) in [5, 5.41) is 4.48. The molecule has 0 unspecified atom stereocenters. The van der Waals surface area contributed by atoms with Crippen molar-refractivity contribution in [1.82, 2.24) is 0 Å². The van der Waals surface area contributed by atoms with Crippen LogP contribution in [0.3, 0.4) is 0 Å². The fourth-order valence-electron chi connectivity index (χ4n) is 2.07. The van der Waals surface area contributed by atoms with Gasteiger partial charge in [0.1, 0.15) is 5.00 Å². The normalized spacial score (nSPS) is 10.2. The van der Waals surface area contributed by atoms with Crippen molar-refractivity contribution in [3.63, 3.8) is 0 Å². The third-order valence-electron chi connectivity index (χ3n) is 2.98. The molecule has 2 aromatic rings. The van der Waals surface area contributed by atoms with Crippen LogP contribution >= 0.6 is 11.3 Å². The van der Waals surface area contributed by atoms with Crippen LogP contribution in [0.2, 0.25) is 0 Å². The number of esters is 1. The Bertz CT molecular complexity index is 747. The van der Waals surface area contributed by atoms with Gasteiger partial charge in [-0.1, -0.05) is 17.2 Å². The Morgan fingerprint density at radius 3 is 2.43 bits per heavy atom. The van der Waals surface area contributed by atoms with Crippen molar-refractivity contribution in [1.29, 1.82) is 0 Å². The lowest BCUT2D eigenvalue weighted by Gasteiger charge is -2.07. The summed E-state index contributed by atoms with van der Waals surface area (Å²) in [5.74, 6) is -1.74. The van der Waals surface area contributed by atoms with Crippen LogP contribution in [0.15, 0.2) is 29.6 Å². The van der Waals surface area contributed by atoms with Crippen molar-refractivity contribution in [2.75, 3.05) is 11.9 Å². The lowest BCUT2D eigenvalue weighted by molar-refractivity contribution is -0.119. The Labute approximate surface area is 137 Å². The summed E-state index contributed by atoms with van der Waals surface area (Å²) in [5.41, 5.74) is 7.68. The van der Waals surface area contributed by atoms with Gasteiger partial charge in [-0.25, -0.2) is 4.79 Å². The summed E-state index contributed by atoms with van der Waals surface area (Å²) in [6, 6.07) is 6.84. The highest BCUT2D eigenvalue weighted by atomic mass is 32.1. The molecule has 0 bridgehead atoms. The molecular formula is C16H16N2O4S. The van der Waals surface area contributed by atoms with Gasteiger partial charge in [0, 0.05) is 0 Å². The predicted octanol–water partition coefficient (Wildman–Crippen LogP) is 2.26. The van der Waals surface area contributed by atoms with Crippen LogP contribution in [-0.4, -0.2) is 24.4 Å². The van der Waals surface area contributed by atoms with Crippen LogP contribution in [0.1, 0.15) is 31.8 Å². The number of primary amides is 1. The van der Waals surface area contributed by atoms with Gasteiger partial charge in [-0.2, -0.15) is 0 Å². The number of thiophene rings is 1. The van der Waals surface area contributed by atoms with E-state index in [-0.39, 0.29) is 5.56 Å². The van der Waals surface area contributed by atoms with Gasteiger partial charge in [0.05, 0.1) is 11.1 Å². The van der Waals surface area contributed by atoms with Gasteiger partial charge in [-0.05, 0) is 37.4 Å². The molecule has 0 spiro atoms. The highest BCUT2D eigenvalue weighted by molar-refractivity contribution is 7.14. The second kappa shape index (κ2) is 7.06. The molecule has 120 valence electrons. The molecule has 23 heavy (non-hydrogen) atoms. The van der Waals surface area contributed by atoms with E-state index in [1.165, 1.54) is 17.4 Å². The van der Waals surface area contributed by atoms with E-state index in [9.17, 15) is 14.4 Å². The first-order valence-electron chi connectivity index (χ1n) is 6.79. The molecule has 2 amide bonds. The van der Waals surface area contributed by atoms with Gasteiger partial charge in [0.25, 0.3) is 11.8 Å². The first-order chi connectivity index (χ1) is 10.9. The van der Waals surface area contributed by atoms with Crippen molar-refractivity contribution < 1.29 is 19.1 Å². The van der Waals surface area contributed by atoms with Crippen molar-refractivity contribution in [3.8, 4) is 0 Å². The standard InChI is InChI=1S/C16H16N2O4S/c1-9-5-10(2)7-11(6-9)16(21)22-8-13(19)18-15-12(14(17)20)3-4-23-15/h3-7H,8H2,1-2H3,(H2,17,20)(H,18,19). The number of amides is 2. The highest BCUT2D eigenvalue weighted by Crippen LogP contribution is 2.22. The van der Waals surface area contributed by atoms with Crippen molar-refractivity contribution in [3.05, 3.63) is 51.9 Å². The average Bonchev–Trinajstić information content (AvgIpc) is 2.92. The number of carbonyl (C=O) groups excluding carboxylic acids is 3. The molecule has 1 aromatic carbocycles. The fraction of sp³-hybridized carbons (Fsp3) is 0.188. The molecule has 0 aliphatic rings. The highest BCUT2D eigenvalue weighted by Gasteiger charge is 2.15. The third kappa shape index (κ3) is 4.40. The number of rotatable bonds is 5. The largest absolute Gasteiger partial charge is 0.452 e. The maximum Gasteiger partial charge on any atom is 0.338 e. The van der Waals surface area contributed by atoms with Crippen LogP contribution in [0.25, 0.3) is 0 Å². The number of hydrogen-bond donors (Lipinski definition) is 2. The zero-order valence-electron chi connectivity index (χ0n) is 12.7. The smallest absolute Gasteiger partial charge is 0.338 e. The molecule has 0 radical (unpaired) electrons. The average molecular weight is 332 g/mol. The first-order valence-corrected chi connectivity index (χ1v) is 7.67. The molecular weight excluding hydrogens is 316 g/mol. The SMILES string of the molecule is Cc1cc(C)cc(C(=O)OCC(=O)Nc2sccc2C(N)=O)c1. The molecule has 7 heteroatoms. The van der Waals surface area contributed by atoms with Gasteiger partial charge in [-0.15, -0.1) is 11.3 Å². The van der Waals surface area contributed by atoms with Crippen molar-refractivity contribution >= 4 is 34.1 Å². The monoisotopic (exact) mass is 332 g/mol. The molecule has 0 atom stereocenters. The Kier molecular flexibility index (Phi) is 5.13. The molecule has 0 aliphatic carbocycles. The molecule has 2 rings (SSSR count). The minimum atomic E-state index is -0.631.